The Balaban J connectivity index is 2.34. The summed E-state index contributed by atoms with van der Waals surface area (Å²) in [5.74, 6) is 0. The summed E-state index contributed by atoms with van der Waals surface area (Å²) in [5.41, 5.74) is -0.759. The van der Waals surface area contributed by atoms with Crippen molar-refractivity contribution < 1.29 is 13.2 Å². The highest BCUT2D eigenvalue weighted by Gasteiger charge is 2.34. The smallest absolute Gasteiger partial charge is 0.276 e. The van der Waals surface area contributed by atoms with Crippen LogP contribution < -0.4 is 0 Å². The first-order valence-corrected chi connectivity index (χ1v) is 5.75. The summed E-state index contributed by atoms with van der Waals surface area (Å²) in [5, 5.41) is 0. The average molecular weight is 254 g/mol. The number of hydrogen-bond acceptors (Lipinski definition) is 2. The molecule has 5 heteroatoms. The molecule has 2 rings (SSSR count). The van der Waals surface area contributed by atoms with Crippen LogP contribution >= 0.6 is 0 Å². The molecule has 0 aliphatic carbocycles. The van der Waals surface area contributed by atoms with Gasteiger partial charge in [-0.1, -0.05) is 13.3 Å². The highest BCUT2D eigenvalue weighted by Crippen LogP contribution is 2.35. The number of aliphatic imine (C=N–C) groups is 1. The maximum atomic E-state index is 12.5. The summed E-state index contributed by atoms with van der Waals surface area (Å²) in [7, 11) is 0. The molecule has 2 heterocycles. The molecule has 1 aromatic rings. The molecule has 96 valence electrons. The van der Waals surface area contributed by atoms with Gasteiger partial charge in [0.1, 0.15) is 5.54 Å². The molecule has 0 saturated carbocycles. The number of pyridine rings is 1. The van der Waals surface area contributed by atoms with Crippen LogP contribution in [-0.2, 0) is 11.7 Å². The van der Waals surface area contributed by atoms with Gasteiger partial charge in [0.25, 0.3) is 0 Å². The van der Waals surface area contributed by atoms with E-state index in [1.807, 2.05) is 13.0 Å². The SMILES string of the molecule is CCCC1(c2ccc(C(F)(F)F)cn2)C=CC=N1. The Morgan fingerprint density at radius 1 is 1.28 bits per heavy atom. The summed E-state index contributed by atoms with van der Waals surface area (Å²) in [4.78, 5) is 8.27. The first-order chi connectivity index (χ1) is 8.48. The van der Waals surface area contributed by atoms with Gasteiger partial charge < -0.3 is 0 Å². The van der Waals surface area contributed by atoms with E-state index < -0.39 is 17.3 Å². The highest BCUT2D eigenvalue weighted by molar-refractivity contribution is 5.75. The van der Waals surface area contributed by atoms with Gasteiger partial charge in [0, 0.05) is 12.4 Å². The number of nitrogens with zero attached hydrogens (tertiary/aromatic N) is 2. The molecular weight excluding hydrogens is 241 g/mol. The number of rotatable bonds is 3. The third-order valence-corrected chi connectivity index (χ3v) is 2.93. The van der Waals surface area contributed by atoms with Crippen molar-refractivity contribution in [2.24, 2.45) is 4.99 Å². The Hall–Kier alpha value is -1.65. The van der Waals surface area contributed by atoms with Crippen molar-refractivity contribution in [3.8, 4) is 0 Å². The van der Waals surface area contributed by atoms with Gasteiger partial charge in [-0.15, -0.1) is 0 Å². The molecular formula is C13H13F3N2. The molecule has 0 radical (unpaired) electrons. The van der Waals surface area contributed by atoms with Gasteiger partial charge in [0.2, 0.25) is 0 Å². The van der Waals surface area contributed by atoms with Gasteiger partial charge in [-0.2, -0.15) is 13.2 Å². The lowest BCUT2D eigenvalue weighted by Gasteiger charge is -2.23. The molecule has 1 aliphatic rings. The van der Waals surface area contributed by atoms with Gasteiger partial charge in [-0.25, -0.2) is 0 Å². The van der Waals surface area contributed by atoms with E-state index in [4.69, 9.17) is 0 Å². The molecule has 0 bridgehead atoms. The monoisotopic (exact) mass is 254 g/mol. The summed E-state index contributed by atoms with van der Waals surface area (Å²) < 4.78 is 37.4. The Morgan fingerprint density at radius 2 is 2.06 bits per heavy atom. The minimum Gasteiger partial charge on any atom is -0.276 e. The Kier molecular flexibility index (Phi) is 3.24. The van der Waals surface area contributed by atoms with E-state index in [-0.39, 0.29) is 0 Å². The second-order valence-corrected chi connectivity index (χ2v) is 4.24. The number of allylic oxidation sites excluding steroid dienone is 1. The third-order valence-electron chi connectivity index (χ3n) is 2.93. The van der Waals surface area contributed by atoms with Crippen molar-refractivity contribution in [3.63, 3.8) is 0 Å². The zero-order chi connectivity index (χ0) is 13.2. The predicted molar refractivity (Wildman–Crippen MR) is 63.5 cm³/mol. The molecule has 0 saturated heterocycles. The zero-order valence-electron chi connectivity index (χ0n) is 9.91. The number of halogens is 3. The molecule has 0 spiro atoms. The molecule has 1 aromatic heterocycles. The van der Waals surface area contributed by atoms with Crippen LogP contribution in [-0.4, -0.2) is 11.2 Å². The van der Waals surface area contributed by atoms with Gasteiger partial charge in [-0.3, -0.25) is 9.98 Å². The van der Waals surface area contributed by atoms with E-state index in [0.29, 0.717) is 5.69 Å². The van der Waals surface area contributed by atoms with Crippen molar-refractivity contribution in [1.82, 2.24) is 4.98 Å². The normalized spacial score (nSPS) is 22.7. The third kappa shape index (κ3) is 2.30. The number of alkyl halides is 3. The Bertz CT molecular complexity index is 460. The maximum absolute atomic E-state index is 12.5. The van der Waals surface area contributed by atoms with Crippen LogP contribution in [0.15, 0.2) is 35.5 Å². The van der Waals surface area contributed by atoms with E-state index in [1.54, 1.807) is 12.3 Å². The van der Waals surface area contributed by atoms with Gasteiger partial charge >= 0.3 is 6.18 Å². The standard InChI is InChI=1S/C13H13F3N2/c1-2-6-12(7-3-8-18-12)11-5-4-10(9-17-11)13(14,15)16/h3-5,7-9H,2,6H2,1H3. The molecule has 1 atom stereocenters. The first kappa shape index (κ1) is 12.8. The van der Waals surface area contributed by atoms with Crippen LogP contribution in [0.25, 0.3) is 0 Å². The second kappa shape index (κ2) is 4.55. The Labute approximate surface area is 103 Å². The molecule has 1 unspecified atom stereocenters. The number of hydrogen-bond donors (Lipinski definition) is 0. The fraction of sp³-hybridized carbons (Fsp3) is 0.385. The second-order valence-electron chi connectivity index (χ2n) is 4.24. The van der Waals surface area contributed by atoms with Crippen LogP contribution in [0.2, 0.25) is 0 Å². The predicted octanol–water partition coefficient (Wildman–Crippen LogP) is 3.74. The van der Waals surface area contributed by atoms with E-state index in [2.05, 4.69) is 9.98 Å². The summed E-state index contributed by atoms with van der Waals surface area (Å²) >= 11 is 0. The molecule has 0 amide bonds. The first-order valence-electron chi connectivity index (χ1n) is 5.75. The zero-order valence-corrected chi connectivity index (χ0v) is 9.91. The minimum absolute atomic E-state index is 0.558. The molecule has 1 aliphatic heterocycles. The lowest BCUT2D eigenvalue weighted by atomic mass is 9.90. The molecule has 0 fully saturated rings. The Morgan fingerprint density at radius 3 is 2.50 bits per heavy atom. The van der Waals surface area contributed by atoms with E-state index in [1.165, 1.54) is 6.07 Å². The average Bonchev–Trinajstić information content (AvgIpc) is 2.78. The largest absolute Gasteiger partial charge is 0.417 e. The summed E-state index contributed by atoms with van der Waals surface area (Å²) in [6.07, 6.45) is 3.48. The topological polar surface area (TPSA) is 25.2 Å². The van der Waals surface area contributed by atoms with Crippen molar-refractivity contribution in [2.45, 2.75) is 31.5 Å². The maximum Gasteiger partial charge on any atom is 0.417 e. The van der Waals surface area contributed by atoms with Crippen LogP contribution in [0.3, 0.4) is 0 Å². The van der Waals surface area contributed by atoms with Crippen molar-refractivity contribution in [3.05, 3.63) is 41.7 Å². The minimum atomic E-state index is -4.35. The van der Waals surface area contributed by atoms with Crippen LogP contribution in [0.4, 0.5) is 13.2 Å². The van der Waals surface area contributed by atoms with Crippen LogP contribution in [0, 0.1) is 0 Å². The molecule has 2 nitrogen and oxygen atoms in total. The van der Waals surface area contributed by atoms with E-state index >= 15 is 0 Å². The fourth-order valence-corrected chi connectivity index (χ4v) is 2.05. The number of aromatic nitrogens is 1. The van der Waals surface area contributed by atoms with Crippen molar-refractivity contribution >= 4 is 6.21 Å². The van der Waals surface area contributed by atoms with Gasteiger partial charge in [0.15, 0.2) is 0 Å². The lowest BCUT2D eigenvalue weighted by Crippen LogP contribution is -2.21. The van der Waals surface area contributed by atoms with Gasteiger partial charge in [-0.05, 0) is 30.7 Å². The van der Waals surface area contributed by atoms with Crippen LogP contribution in [0.1, 0.15) is 31.0 Å². The van der Waals surface area contributed by atoms with Crippen molar-refractivity contribution in [1.29, 1.82) is 0 Å². The van der Waals surface area contributed by atoms with Crippen molar-refractivity contribution in [2.75, 3.05) is 0 Å². The van der Waals surface area contributed by atoms with E-state index in [9.17, 15) is 13.2 Å². The summed E-state index contributed by atoms with van der Waals surface area (Å²) in [6.45, 7) is 2.01. The molecule has 0 N–H and O–H groups in total. The molecule has 18 heavy (non-hydrogen) atoms. The van der Waals surface area contributed by atoms with E-state index in [0.717, 1.165) is 25.1 Å². The quantitative estimate of drug-likeness (QED) is 0.806. The lowest BCUT2D eigenvalue weighted by molar-refractivity contribution is -0.137. The summed E-state index contributed by atoms with van der Waals surface area (Å²) in [6, 6.07) is 2.47. The highest BCUT2D eigenvalue weighted by atomic mass is 19.4. The van der Waals surface area contributed by atoms with Gasteiger partial charge in [0.05, 0.1) is 11.3 Å². The molecule has 0 aromatic carbocycles. The fourth-order valence-electron chi connectivity index (χ4n) is 2.05. The van der Waals surface area contributed by atoms with Crippen LogP contribution in [0.5, 0.6) is 0 Å².